The molecule has 3 aromatic heterocycles. The number of aliphatic hydroxyl groups is 1. The minimum absolute atomic E-state index is 0.0360. The number of rotatable bonds is 6. The van der Waals surface area contributed by atoms with Gasteiger partial charge in [-0.25, -0.2) is 14.5 Å². The molecule has 0 spiro atoms. The standard InChI is InChI=1S/C13H12N6O2.C8H16.C5H11NO2/c1-21-10-4-7(2-3-16-10)9-5-8(13(15)20)11-12(14)17-6-18-19(9)11;1-7-3-5-8(2)6-4-7;1-5(2,3-7)6-4-8/h2-6H,1H3,(H2,15,20)(H2,14,17,18);7-8H,3-6H2,1-2H3;4,7H,3H2,1-2H3,(H,6,8). The zero-order valence-corrected chi connectivity index (χ0v) is 22.3. The molecule has 11 heteroatoms. The van der Waals surface area contributed by atoms with Crippen LogP contribution in [0.1, 0.15) is 63.7 Å². The minimum atomic E-state index is -0.596. The first-order valence-electron chi connectivity index (χ1n) is 12.3. The molecule has 0 atom stereocenters. The maximum Gasteiger partial charge on any atom is 0.251 e. The van der Waals surface area contributed by atoms with Crippen molar-refractivity contribution in [3.63, 3.8) is 0 Å². The van der Waals surface area contributed by atoms with E-state index in [1.807, 2.05) is 0 Å². The molecular formula is C26H39N7O4. The van der Waals surface area contributed by atoms with Crippen LogP contribution < -0.4 is 21.5 Å². The molecule has 3 aromatic rings. The normalized spacial score (nSPS) is 17.0. The van der Waals surface area contributed by atoms with Gasteiger partial charge in [0.25, 0.3) is 5.91 Å². The van der Waals surface area contributed by atoms with E-state index in [0.29, 0.717) is 23.5 Å². The summed E-state index contributed by atoms with van der Waals surface area (Å²) < 4.78 is 6.62. The second kappa shape index (κ2) is 13.5. The fraction of sp³-hybridized carbons (Fsp3) is 0.500. The summed E-state index contributed by atoms with van der Waals surface area (Å²) in [5.74, 6) is 2.08. The lowest BCUT2D eigenvalue weighted by molar-refractivity contribution is -0.111. The van der Waals surface area contributed by atoms with Crippen LogP contribution in [0.15, 0.2) is 30.7 Å². The van der Waals surface area contributed by atoms with Crippen LogP contribution in [0.5, 0.6) is 5.88 Å². The van der Waals surface area contributed by atoms with Crippen molar-refractivity contribution in [3.8, 4) is 17.1 Å². The first kappa shape index (κ1) is 29.5. The summed E-state index contributed by atoms with van der Waals surface area (Å²) in [6.07, 6.45) is 9.39. The number of ether oxygens (including phenoxy) is 1. The first-order chi connectivity index (χ1) is 17.5. The van der Waals surface area contributed by atoms with Gasteiger partial charge in [-0.2, -0.15) is 5.10 Å². The number of carbonyl (C=O) groups is 2. The monoisotopic (exact) mass is 513 g/mol. The van der Waals surface area contributed by atoms with Crippen molar-refractivity contribution in [1.29, 1.82) is 0 Å². The molecule has 11 nitrogen and oxygen atoms in total. The van der Waals surface area contributed by atoms with Gasteiger partial charge in [-0.1, -0.05) is 39.5 Å². The second-order valence-corrected chi connectivity index (χ2v) is 9.97. The number of amides is 2. The summed E-state index contributed by atoms with van der Waals surface area (Å²) in [7, 11) is 1.53. The summed E-state index contributed by atoms with van der Waals surface area (Å²) in [4.78, 5) is 29.3. The van der Waals surface area contributed by atoms with Gasteiger partial charge in [0.05, 0.1) is 30.5 Å². The Morgan fingerprint density at radius 2 is 1.84 bits per heavy atom. The van der Waals surface area contributed by atoms with E-state index in [1.54, 1.807) is 38.2 Å². The molecule has 0 aliphatic heterocycles. The second-order valence-electron chi connectivity index (χ2n) is 9.97. The number of hydrogen-bond donors (Lipinski definition) is 4. The van der Waals surface area contributed by atoms with Gasteiger partial charge >= 0.3 is 0 Å². The Kier molecular flexibility index (Phi) is 10.8. The molecule has 2 amide bonds. The molecule has 0 bridgehead atoms. The van der Waals surface area contributed by atoms with Crippen LogP contribution >= 0.6 is 0 Å². The number of fused-ring (bicyclic) bond motifs is 1. The Morgan fingerprint density at radius 3 is 2.32 bits per heavy atom. The van der Waals surface area contributed by atoms with Crippen molar-refractivity contribution < 1.29 is 19.4 Å². The topological polar surface area (TPSA) is 171 Å². The summed E-state index contributed by atoms with van der Waals surface area (Å²) in [5, 5.41) is 15.1. The molecule has 0 saturated heterocycles. The predicted molar refractivity (Wildman–Crippen MR) is 143 cm³/mol. The van der Waals surface area contributed by atoms with Crippen molar-refractivity contribution in [2.45, 2.75) is 58.9 Å². The molecule has 37 heavy (non-hydrogen) atoms. The maximum absolute atomic E-state index is 11.6. The minimum Gasteiger partial charge on any atom is -0.481 e. The van der Waals surface area contributed by atoms with Gasteiger partial charge in [0.2, 0.25) is 12.3 Å². The Labute approximate surface area is 217 Å². The number of pyridine rings is 1. The maximum atomic E-state index is 11.6. The highest BCUT2D eigenvalue weighted by molar-refractivity contribution is 6.04. The van der Waals surface area contributed by atoms with E-state index in [-0.39, 0.29) is 18.0 Å². The van der Waals surface area contributed by atoms with Crippen molar-refractivity contribution in [2.24, 2.45) is 17.6 Å². The fourth-order valence-electron chi connectivity index (χ4n) is 3.77. The van der Waals surface area contributed by atoms with Gasteiger partial charge < -0.3 is 26.6 Å². The molecule has 1 fully saturated rings. The lowest BCUT2D eigenvalue weighted by Crippen LogP contribution is -2.41. The number of nitrogens with one attached hydrogen (secondary N) is 1. The van der Waals surface area contributed by atoms with Gasteiger partial charge in [-0.3, -0.25) is 9.59 Å². The molecule has 0 aromatic carbocycles. The third-order valence-electron chi connectivity index (χ3n) is 6.24. The zero-order chi connectivity index (χ0) is 27.6. The average molecular weight is 514 g/mol. The molecule has 0 radical (unpaired) electrons. The van der Waals surface area contributed by atoms with Crippen LogP contribution in [-0.2, 0) is 4.79 Å². The molecular weight excluding hydrogens is 474 g/mol. The van der Waals surface area contributed by atoms with Crippen molar-refractivity contribution in [2.75, 3.05) is 19.5 Å². The third kappa shape index (κ3) is 8.42. The van der Waals surface area contributed by atoms with E-state index in [9.17, 15) is 9.59 Å². The van der Waals surface area contributed by atoms with Crippen LogP contribution in [0.25, 0.3) is 16.8 Å². The molecule has 1 saturated carbocycles. The summed E-state index contributed by atoms with van der Waals surface area (Å²) in [6, 6.07) is 5.12. The number of carbonyl (C=O) groups excluding carboxylic acids is 2. The van der Waals surface area contributed by atoms with Gasteiger partial charge in [-0.05, 0) is 37.8 Å². The number of primary amides is 1. The molecule has 1 aliphatic rings. The smallest absolute Gasteiger partial charge is 0.251 e. The zero-order valence-electron chi connectivity index (χ0n) is 22.3. The van der Waals surface area contributed by atoms with Crippen LogP contribution in [0.2, 0.25) is 0 Å². The number of nitrogen functional groups attached to an aromatic ring is 1. The molecule has 0 unspecified atom stereocenters. The summed E-state index contributed by atoms with van der Waals surface area (Å²) in [6.45, 7) is 8.17. The third-order valence-corrected chi connectivity index (χ3v) is 6.24. The molecule has 6 N–H and O–H groups in total. The number of methoxy groups -OCH3 is 1. The molecule has 1 aliphatic carbocycles. The molecule has 202 valence electrons. The lowest BCUT2D eigenvalue weighted by Gasteiger charge is -2.22. The quantitative estimate of drug-likeness (QED) is 0.364. The number of anilines is 1. The Bertz CT molecular complexity index is 1160. The van der Waals surface area contributed by atoms with E-state index < -0.39 is 11.4 Å². The summed E-state index contributed by atoms with van der Waals surface area (Å²) in [5.41, 5.74) is 12.8. The van der Waals surface area contributed by atoms with E-state index >= 15 is 0 Å². The molecule has 4 rings (SSSR count). The van der Waals surface area contributed by atoms with Crippen molar-refractivity contribution >= 4 is 23.7 Å². The van der Waals surface area contributed by atoms with Crippen LogP contribution in [0, 0.1) is 11.8 Å². The fourth-order valence-corrected chi connectivity index (χ4v) is 3.77. The predicted octanol–water partition coefficient (Wildman–Crippen LogP) is 2.82. The Hall–Kier alpha value is -3.73. The number of aromatic nitrogens is 4. The molecule has 3 heterocycles. The van der Waals surface area contributed by atoms with Gasteiger partial charge in [0.1, 0.15) is 11.8 Å². The highest BCUT2D eigenvalue weighted by atomic mass is 16.5. The van der Waals surface area contributed by atoms with Crippen LogP contribution in [0.3, 0.4) is 0 Å². The van der Waals surface area contributed by atoms with Crippen molar-refractivity contribution in [3.05, 3.63) is 36.3 Å². The number of nitrogens with two attached hydrogens (primary N) is 2. The highest BCUT2D eigenvalue weighted by Crippen LogP contribution is 2.29. The number of hydrogen-bond acceptors (Lipinski definition) is 8. The van der Waals surface area contributed by atoms with Gasteiger partial charge in [0.15, 0.2) is 5.82 Å². The van der Waals surface area contributed by atoms with Crippen LogP contribution in [-0.4, -0.2) is 56.3 Å². The van der Waals surface area contributed by atoms with E-state index in [2.05, 4.69) is 34.2 Å². The lowest BCUT2D eigenvalue weighted by atomic mass is 9.84. The Balaban J connectivity index is 0.000000248. The van der Waals surface area contributed by atoms with Gasteiger partial charge in [-0.15, -0.1) is 0 Å². The number of nitrogens with zero attached hydrogens (tertiary/aromatic N) is 4. The highest BCUT2D eigenvalue weighted by Gasteiger charge is 2.18. The van der Waals surface area contributed by atoms with Crippen LogP contribution in [0.4, 0.5) is 5.82 Å². The SMILES string of the molecule is CC(C)(CO)NC=O.CC1CCC(C)CC1.COc1cc(-c2cc(C(N)=O)c3c(N)ncnn23)ccn1. The van der Waals surface area contributed by atoms with Crippen molar-refractivity contribution in [1.82, 2.24) is 24.9 Å². The van der Waals surface area contributed by atoms with E-state index in [4.69, 9.17) is 21.3 Å². The number of aliphatic hydroxyl groups excluding tert-OH is 1. The first-order valence-corrected chi connectivity index (χ1v) is 12.3. The largest absolute Gasteiger partial charge is 0.481 e. The van der Waals surface area contributed by atoms with E-state index in [0.717, 1.165) is 17.4 Å². The Morgan fingerprint density at radius 1 is 1.22 bits per heavy atom. The summed E-state index contributed by atoms with van der Waals surface area (Å²) >= 11 is 0. The van der Waals surface area contributed by atoms with Gasteiger partial charge in [0, 0.05) is 17.8 Å². The van der Waals surface area contributed by atoms with E-state index in [1.165, 1.54) is 43.6 Å². The average Bonchev–Trinajstić information content (AvgIpc) is 3.28.